The van der Waals surface area contributed by atoms with Crippen molar-refractivity contribution in [1.29, 1.82) is 0 Å². The number of piperidine rings is 1. The Kier molecular flexibility index (Phi) is 6.41. The van der Waals surface area contributed by atoms with E-state index in [1.54, 1.807) is 10.9 Å². The predicted molar refractivity (Wildman–Crippen MR) is 118 cm³/mol. The first-order chi connectivity index (χ1) is 14.9. The Labute approximate surface area is 183 Å². The lowest BCUT2D eigenvalue weighted by Gasteiger charge is -2.39. The highest BCUT2D eigenvalue weighted by Crippen LogP contribution is 2.38. The van der Waals surface area contributed by atoms with Gasteiger partial charge >= 0.3 is 0 Å². The number of benzene rings is 1. The van der Waals surface area contributed by atoms with Gasteiger partial charge in [0.2, 0.25) is 5.91 Å². The van der Waals surface area contributed by atoms with Crippen molar-refractivity contribution in [2.45, 2.75) is 57.7 Å². The van der Waals surface area contributed by atoms with Gasteiger partial charge in [-0.2, -0.15) is 5.10 Å². The van der Waals surface area contributed by atoms with Crippen LogP contribution in [0.4, 0.5) is 0 Å². The van der Waals surface area contributed by atoms with Crippen molar-refractivity contribution in [3.63, 3.8) is 0 Å². The van der Waals surface area contributed by atoms with Crippen LogP contribution in [0.25, 0.3) is 5.69 Å². The SMILES string of the molecule is CC(C)CC(=O)N1CCC2(CCC(CNC(=O)c3ccc(-n4cccn4)cc3)O2)CC1. The lowest BCUT2D eigenvalue weighted by atomic mass is 9.88. The van der Waals surface area contributed by atoms with Crippen LogP contribution in [-0.2, 0) is 9.53 Å². The fourth-order valence-corrected chi connectivity index (χ4v) is 4.54. The van der Waals surface area contributed by atoms with Gasteiger partial charge in [0, 0.05) is 44.0 Å². The van der Waals surface area contributed by atoms with Gasteiger partial charge in [-0.3, -0.25) is 9.59 Å². The van der Waals surface area contributed by atoms with E-state index in [1.807, 2.05) is 41.4 Å². The number of nitrogens with zero attached hydrogens (tertiary/aromatic N) is 3. The predicted octanol–water partition coefficient (Wildman–Crippen LogP) is 3.19. The van der Waals surface area contributed by atoms with Crippen LogP contribution in [0.5, 0.6) is 0 Å². The van der Waals surface area contributed by atoms with E-state index in [2.05, 4.69) is 24.3 Å². The Morgan fingerprint density at radius 3 is 2.58 bits per heavy atom. The van der Waals surface area contributed by atoms with Crippen molar-refractivity contribution in [2.75, 3.05) is 19.6 Å². The lowest BCUT2D eigenvalue weighted by molar-refractivity contribution is -0.138. The number of likely N-dealkylation sites (tertiary alicyclic amines) is 1. The van der Waals surface area contributed by atoms with E-state index < -0.39 is 0 Å². The van der Waals surface area contributed by atoms with Crippen LogP contribution in [0, 0.1) is 5.92 Å². The van der Waals surface area contributed by atoms with Gasteiger partial charge in [-0.1, -0.05) is 13.8 Å². The number of hydrogen-bond acceptors (Lipinski definition) is 4. The second-order valence-electron chi connectivity index (χ2n) is 9.15. The van der Waals surface area contributed by atoms with Crippen molar-refractivity contribution in [3.05, 3.63) is 48.3 Å². The number of amides is 2. The van der Waals surface area contributed by atoms with Crippen LogP contribution >= 0.6 is 0 Å². The molecule has 1 atom stereocenters. The van der Waals surface area contributed by atoms with E-state index in [9.17, 15) is 9.59 Å². The fourth-order valence-electron chi connectivity index (χ4n) is 4.54. The molecule has 0 radical (unpaired) electrons. The van der Waals surface area contributed by atoms with Gasteiger partial charge in [-0.15, -0.1) is 0 Å². The van der Waals surface area contributed by atoms with Crippen molar-refractivity contribution in [3.8, 4) is 5.69 Å². The number of aromatic nitrogens is 2. The number of rotatable bonds is 6. The van der Waals surface area contributed by atoms with Crippen molar-refractivity contribution >= 4 is 11.8 Å². The zero-order valence-electron chi connectivity index (χ0n) is 18.4. The van der Waals surface area contributed by atoms with Gasteiger partial charge < -0.3 is 15.0 Å². The Balaban J connectivity index is 1.23. The fraction of sp³-hybridized carbons (Fsp3) is 0.542. The van der Waals surface area contributed by atoms with E-state index in [0.717, 1.165) is 44.5 Å². The molecule has 1 aromatic heterocycles. The molecule has 166 valence electrons. The highest BCUT2D eigenvalue weighted by molar-refractivity contribution is 5.94. The molecule has 7 nitrogen and oxygen atoms in total. The quantitative estimate of drug-likeness (QED) is 0.773. The maximum atomic E-state index is 12.5. The third-order valence-electron chi connectivity index (χ3n) is 6.34. The summed E-state index contributed by atoms with van der Waals surface area (Å²) in [6.07, 6.45) is 7.95. The first kappa shape index (κ1) is 21.6. The normalized spacial score (nSPS) is 20.4. The summed E-state index contributed by atoms with van der Waals surface area (Å²) in [5, 5.41) is 7.21. The molecule has 3 heterocycles. The van der Waals surface area contributed by atoms with Crippen molar-refractivity contribution in [1.82, 2.24) is 20.0 Å². The molecule has 1 unspecified atom stereocenters. The molecular formula is C24H32N4O3. The van der Waals surface area contributed by atoms with Crippen LogP contribution in [0.3, 0.4) is 0 Å². The summed E-state index contributed by atoms with van der Waals surface area (Å²) in [6, 6.07) is 9.26. The summed E-state index contributed by atoms with van der Waals surface area (Å²) in [5.41, 5.74) is 1.41. The highest BCUT2D eigenvalue weighted by atomic mass is 16.5. The Morgan fingerprint density at radius 2 is 1.94 bits per heavy atom. The van der Waals surface area contributed by atoms with Gasteiger partial charge in [0.25, 0.3) is 5.91 Å². The molecule has 2 aliphatic rings. The number of carbonyl (C=O) groups is 2. The third-order valence-corrected chi connectivity index (χ3v) is 6.34. The Hall–Kier alpha value is -2.67. The highest BCUT2D eigenvalue weighted by Gasteiger charge is 2.43. The van der Waals surface area contributed by atoms with Crippen LogP contribution < -0.4 is 5.32 Å². The molecule has 2 fully saturated rings. The van der Waals surface area contributed by atoms with Gasteiger partial charge in [-0.05, 0) is 61.9 Å². The minimum atomic E-state index is -0.130. The summed E-state index contributed by atoms with van der Waals surface area (Å²) in [6.45, 7) is 6.21. The van der Waals surface area contributed by atoms with Crippen LogP contribution in [0.15, 0.2) is 42.7 Å². The average molecular weight is 425 g/mol. The van der Waals surface area contributed by atoms with Crippen LogP contribution in [0.1, 0.15) is 56.3 Å². The Bertz CT molecular complexity index is 884. The molecule has 0 bridgehead atoms. The summed E-state index contributed by atoms with van der Waals surface area (Å²) < 4.78 is 8.15. The molecule has 7 heteroatoms. The van der Waals surface area contributed by atoms with E-state index in [1.165, 1.54) is 0 Å². The van der Waals surface area contributed by atoms with E-state index >= 15 is 0 Å². The maximum absolute atomic E-state index is 12.5. The zero-order valence-corrected chi connectivity index (χ0v) is 18.4. The molecule has 0 aliphatic carbocycles. The molecule has 2 aliphatic heterocycles. The second-order valence-corrected chi connectivity index (χ2v) is 9.15. The maximum Gasteiger partial charge on any atom is 0.251 e. The summed E-state index contributed by atoms with van der Waals surface area (Å²) >= 11 is 0. The van der Waals surface area contributed by atoms with Gasteiger partial charge in [0.05, 0.1) is 17.4 Å². The molecular weight excluding hydrogens is 392 g/mol. The molecule has 0 saturated carbocycles. The van der Waals surface area contributed by atoms with Crippen LogP contribution in [-0.4, -0.2) is 57.8 Å². The lowest BCUT2D eigenvalue weighted by Crippen LogP contribution is -2.47. The van der Waals surface area contributed by atoms with Gasteiger partial charge in [0.15, 0.2) is 0 Å². The molecule has 2 aromatic rings. The zero-order chi connectivity index (χ0) is 21.8. The standard InChI is InChI=1S/C24H32N4O3/c1-18(2)16-22(29)27-14-10-24(11-15-27)9-8-21(31-24)17-25-23(30)19-4-6-20(7-5-19)28-13-3-12-26-28/h3-7,12-13,18,21H,8-11,14-17H2,1-2H3,(H,25,30). The monoisotopic (exact) mass is 424 g/mol. The molecule has 1 spiro atoms. The first-order valence-electron chi connectivity index (χ1n) is 11.3. The molecule has 2 amide bonds. The van der Waals surface area contributed by atoms with Gasteiger partial charge in [-0.25, -0.2) is 4.68 Å². The topological polar surface area (TPSA) is 76.5 Å². The van der Waals surface area contributed by atoms with Gasteiger partial charge in [0.1, 0.15) is 0 Å². The summed E-state index contributed by atoms with van der Waals surface area (Å²) in [7, 11) is 0. The second kappa shape index (κ2) is 9.22. The average Bonchev–Trinajstić information content (AvgIpc) is 3.43. The molecule has 4 rings (SSSR count). The first-order valence-corrected chi connectivity index (χ1v) is 11.3. The summed E-state index contributed by atoms with van der Waals surface area (Å²) in [5.74, 6) is 0.553. The largest absolute Gasteiger partial charge is 0.370 e. The van der Waals surface area contributed by atoms with E-state index in [4.69, 9.17) is 4.74 Å². The third kappa shape index (κ3) is 5.15. The molecule has 31 heavy (non-hydrogen) atoms. The summed E-state index contributed by atoms with van der Waals surface area (Å²) in [4.78, 5) is 26.8. The minimum absolute atomic E-state index is 0.0326. The smallest absolute Gasteiger partial charge is 0.251 e. The minimum Gasteiger partial charge on any atom is -0.370 e. The molecule has 1 aromatic carbocycles. The van der Waals surface area contributed by atoms with E-state index in [0.29, 0.717) is 24.4 Å². The molecule has 2 saturated heterocycles. The number of nitrogens with one attached hydrogen (secondary N) is 1. The van der Waals surface area contributed by atoms with Crippen molar-refractivity contribution < 1.29 is 14.3 Å². The number of carbonyl (C=O) groups excluding carboxylic acids is 2. The Morgan fingerprint density at radius 1 is 1.19 bits per heavy atom. The van der Waals surface area contributed by atoms with E-state index in [-0.39, 0.29) is 23.5 Å². The number of hydrogen-bond donors (Lipinski definition) is 1. The van der Waals surface area contributed by atoms with Crippen LogP contribution in [0.2, 0.25) is 0 Å². The number of ether oxygens (including phenoxy) is 1. The van der Waals surface area contributed by atoms with Crippen molar-refractivity contribution in [2.24, 2.45) is 5.92 Å². The molecule has 1 N–H and O–H groups in total.